The molecule has 10 nitrogen and oxygen atoms in total. The van der Waals surface area contributed by atoms with Gasteiger partial charge in [0.05, 0.1) is 31.0 Å². The van der Waals surface area contributed by atoms with E-state index in [1.165, 1.54) is 24.3 Å². The number of carbonyl (C=O) groups excluding carboxylic acids is 5. The Kier molecular flexibility index (Phi) is 5.15. The van der Waals surface area contributed by atoms with Gasteiger partial charge in [0.25, 0.3) is 23.6 Å². The zero-order valence-corrected chi connectivity index (χ0v) is 21.2. The quantitative estimate of drug-likeness (QED) is 0.392. The summed E-state index contributed by atoms with van der Waals surface area (Å²) in [5.41, 5.74) is 3.32. The molecule has 4 amide bonds. The summed E-state index contributed by atoms with van der Waals surface area (Å²) in [4.78, 5) is 71.6. The number of hydroxylamine groups is 2. The minimum Gasteiger partial charge on any atom is -0.327 e. The molecule has 0 spiro atoms. The molecule has 3 aromatic carbocycles. The molecule has 1 saturated heterocycles. The Morgan fingerprint density at radius 3 is 2.24 bits per heavy atom. The summed E-state index contributed by atoms with van der Waals surface area (Å²) in [6.07, 6.45) is -0.0110. The molecule has 0 aromatic heterocycles. The second-order valence-corrected chi connectivity index (χ2v) is 10.5. The van der Waals surface area contributed by atoms with Crippen molar-refractivity contribution in [1.82, 2.24) is 5.06 Å². The number of rotatable bonds is 3. The van der Waals surface area contributed by atoms with Crippen LogP contribution in [0.3, 0.4) is 0 Å². The van der Waals surface area contributed by atoms with Crippen LogP contribution in [-0.4, -0.2) is 67.0 Å². The highest BCUT2D eigenvalue weighted by Crippen LogP contribution is 2.42. The molecular weight excluding hydrogens is 488 g/mol. The van der Waals surface area contributed by atoms with E-state index >= 15 is 0 Å². The molecule has 192 valence electrons. The van der Waals surface area contributed by atoms with Crippen LogP contribution in [0.25, 0.3) is 10.8 Å². The lowest BCUT2D eigenvalue weighted by atomic mass is 9.89. The van der Waals surface area contributed by atoms with E-state index in [1.807, 2.05) is 25.2 Å². The first-order valence-electron chi connectivity index (χ1n) is 12.2. The van der Waals surface area contributed by atoms with Gasteiger partial charge in [-0.1, -0.05) is 12.1 Å². The van der Waals surface area contributed by atoms with Crippen LogP contribution in [0.15, 0.2) is 48.5 Å². The van der Waals surface area contributed by atoms with Gasteiger partial charge in [0.15, 0.2) is 6.67 Å². The number of nitrogens with zero attached hydrogens (tertiary/aromatic N) is 4. The Balaban J connectivity index is 1.36. The number of imide groups is 2. The molecule has 3 aromatic rings. The number of hydrogen-bond acceptors (Lipinski definition) is 7. The highest BCUT2D eigenvalue weighted by molar-refractivity contribution is 6.36. The van der Waals surface area contributed by atoms with Gasteiger partial charge in [-0.3, -0.25) is 19.2 Å². The van der Waals surface area contributed by atoms with E-state index in [0.29, 0.717) is 27.3 Å². The topological polar surface area (TPSA) is 104 Å². The average molecular weight is 514 g/mol. The summed E-state index contributed by atoms with van der Waals surface area (Å²) in [6, 6.07) is 13.1. The van der Waals surface area contributed by atoms with Crippen molar-refractivity contribution in [1.29, 1.82) is 0 Å². The molecule has 10 heteroatoms. The molecular formula is C28H25N4O6+. The maximum absolute atomic E-state index is 13.8. The third-order valence-electron chi connectivity index (χ3n) is 7.19. The molecule has 6 rings (SSSR count). The Morgan fingerprint density at radius 2 is 1.55 bits per heavy atom. The molecule has 0 bridgehead atoms. The Labute approximate surface area is 218 Å². The van der Waals surface area contributed by atoms with E-state index in [0.717, 1.165) is 39.2 Å². The number of amides is 4. The SMILES string of the molecule is CN1C[N+](C)(C)Cc2cc3c4c(cccc4c21)C(=O)N(c1ccc(C(=O)ON2C(=O)CCC2=O)cc1)C3=O. The number of anilines is 2. The van der Waals surface area contributed by atoms with Crippen molar-refractivity contribution in [2.45, 2.75) is 19.4 Å². The van der Waals surface area contributed by atoms with Crippen LogP contribution < -0.4 is 9.80 Å². The molecule has 0 unspecified atom stereocenters. The van der Waals surface area contributed by atoms with Gasteiger partial charge in [-0.05, 0) is 36.4 Å². The maximum atomic E-state index is 13.8. The van der Waals surface area contributed by atoms with Crippen LogP contribution in [-0.2, 0) is 21.0 Å². The van der Waals surface area contributed by atoms with Crippen LogP contribution in [0.2, 0.25) is 0 Å². The van der Waals surface area contributed by atoms with Gasteiger partial charge in [-0.2, -0.15) is 0 Å². The normalized spacial score (nSPS) is 18.3. The number of benzene rings is 3. The predicted octanol–water partition coefficient (Wildman–Crippen LogP) is 2.84. The fourth-order valence-corrected chi connectivity index (χ4v) is 5.71. The number of quaternary nitrogens is 1. The minimum atomic E-state index is -0.886. The van der Waals surface area contributed by atoms with Gasteiger partial charge in [0.1, 0.15) is 6.54 Å². The first-order chi connectivity index (χ1) is 18.1. The number of hydrogen-bond donors (Lipinski definition) is 0. The molecule has 0 saturated carbocycles. The van der Waals surface area contributed by atoms with Gasteiger partial charge in [-0.15, -0.1) is 5.06 Å². The van der Waals surface area contributed by atoms with Crippen molar-refractivity contribution in [3.63, 3.8) is 0 Å². The van der Waals surface area contributed by atoms with Crippen LogP contribution in [0, 0.1) is 0 Å². The summed E-state index contributed by atoms with van der Waals surface area (Å²) >= 11 is 0. The van der Waals surface area contributed by atoms with E-state index in [2.05, 4.69) is 19.0 Å². The van der Waals surface area contributed by atoms with Crippen LogP contribution >= 0.6 is 0 Å². The van der Waals surface area contributed by atoms with Crippen molar-refractivity contribution >= 4 is 51.7 Å². The molecule has 3 heterocycles. The third kappa shape index (κ3) is 3.56. The predicted molar refractivity (Wildman–Crippen MR) is 137 cm³/mol. The zero-order valence-electron chi connectivity index (χ0n) is 21.2. The average Bonchev–Trinajstić information content (AvgIpc) is 3.18. The van der Waals surface area contributed by atoms with Gasteiger partial charge in [0.2, 0.25) is 0 Å². The molecule has 1 fully saturated rings. The van der Waals surface area contributed by atoms with E-state index in [4.69, 9.17) is 4.84 Å². The Hall–Kier alpha value is -4.57. The Bertz CT molecular complexity index is 1580. The highest BCUT2D eigenvalue weighted by atomic mass is 16.7. The maximum Gasteiger partial charge on any atom is 0.363 e. The van der Waals surface area contributed by atoms with Crippen molar-refractivity contribution in [2.75, 3.05) is 37.6 Å². The summed E-state index contributed by atoms with van der Waals surface area (Å²) in [5.74, 6) is -2.93. The van der Waals surface area contributed by atoms with Gasteiger partial charge in [0, 0.05) is 47.4 Å². The molecule has 0 atom stereocenters. The van der Waals surface area contributed by atoms with Crippen molar-refractivity contribution < 1.29 is 33.3 Å². The second-order valence-electron chi connectivity index (χ2n) is 10.5. The van der Waals surface area contributed by atoms with Crippen molar-refractivity contribution in [2.24, 2.45) is 0 Å². The fourth-order valence-electron chi connectivity index (χ4n) is 5.71. The summed E-state index contributed by atoms with van der Waals surface area (Å²) < 4.78 is 0.733. The van der Waals surface area contributed by atoms with E-state index < -0.39 is 29.6 Å². The lowest BCUT2D eigenvalue weighted by Crippen LogP contribution is -2.50. The van der Waals surface area contributed by atoms with E-state index in [1.54, 1.807) is 6.07 Å². The number of fused-ring (bicyclic) bond motifs is 2. The first kappa shape index (κ1) is 23.8. The summed E-state index contributed by atoms with van der Waals surface area (Å²) in [6.45, 7) is 1.54. The zero-order chi connectivity index (χ0) is 26.9. The minimum absolute atomic E-state index is 0.00549. The second kappa shape index (κ2) is 8.22. The lowest BCUT2D eigenvalue weighted by Gasteiger charge is -2.41. The fraction of sp³-hybridized carbons (Fsp3) is 0.250. The van der Waals surface area contributed by atoms with Crippen molar-refractivity contribution in [3.8, 4) is 0 Å². The standard InChI is InChI=1S/C28H25N4O6/c1-29-15-32(2,3)14-17-13-21-24-19(25(17)29)5-4-6-20(24)26(35)30(27(21)36)18-9-7-16(8-10-18)28(37)38-31-22(33)11-12-23(31)34/h4-10,13H,11-12,14-15H2,1-3H3/q+1. The summed E-state index contributed by atoms with van der Waals surface area (Å²) in [7, 11) is 6.28. The van der Waals surface area contributed by atoms with Gasteiger partial charge >= 0.3 is 5.97 Å². The van der Waals surface area contributed by atoms with Crippen LogP contribution in [0.5, 0.6) is 0 Å². The molecule has 38 heavy (non-hydrogen) atoms. The lowest BCUT2D eigenvalue weighted by molar-refractivity contribution is -0.904. The van der Waals surface area contributed by atoms with Gasteiger partial charge in [-0.25, -0.2) is 9.69 Å². The summed E-state index contributed by atoms with van der Waals surface area (Å²) in [5, 5.41) is 2.00. The molecule has 0 radical (unpaired) electrons. The van der Waals surface area contributed by atoms with Gasteiger partial charge < -0.3 is 14.2 Å². The third-order valence-corrected chi connectivity index (χ3v) is 7.19. The highest BCUT2D eigenvalue weighted by Gasteiger charge is 2.38. The molecule has 0 aliphatic carbocycles. The van der Waals surface area contributed by atoms with Crippen LogP contribution in [0.4, 0.5) is 11.4 Å². The first-order valence-corrected chi connectivity index (χ1v) is 12.2. The van der Waals surface area contributed by atoms with E-state index in [9.17, 15) is 24.0 Å². The number of carbonyl (C=O) groups is 5. The largest absolute Gasteiger partial charge is 0.363 e. The Morgan fingerprint density at radius 1 is 0.895 bits per heavy atom. The van der Waals surface area contributed by atoms with E-state index in [-0.39, 0.29) is 18.4 Å². The monoisotopic (exact) mass is 513 g/mol. The molecule has 3 aliphatic heterocycles. The molecule has 0 N–H and O–H groups in total. The van der Waals surface area contributed by atoms with Crippen molar-refractivity contribution in [3.05, 3.63) is 70.8 Å². The smallest absolute Gasteiger partial charge is 0.327 e. The molecule has 3 aliphatic rings. The van der Waals surface area contributed by atoms with Crippen LogP contribution in [0.1, 0.15) is 49.5 Å².